The van der Waals surface area contributed by atoms with E-state index >= 15 is 0 Å². The van der Waals surface area contributed by atoms with Crippen molar-refractivity contribution in [1.29, 1.82) is 0 Å². The second kappa shape index (κ2) is 5.67. The third-order valence-corrected chi connectivity index (χ3v) is 4.04. The Bertz CT molecular complexity index is 528. The van der Waals surface area contributed by atoms with Gasteiger partial charge in [-0.3, -0.25) is 9.69 Å². The van der Waals surface area contributed by atoms with Gasteiger partial charge in [-0.1, -0.05) is 18.2 Å². The lowest BCUT2D eigenvalue weighted by Crippen LogP contribution is -2.29. The van der Waals surface area contributed by atoms with Gasteiger partial charge in [-0.05, 0) is 25.5 Å². The smallest absolute Gasteiger partial charge is 0.416 e. The predicted octanol–water partition coefficient (Wildman–Crippen LogP) is 3.21. The van der Waals surface area contributed by atoms with E-state index in [1.54, 1.807) is 6.07 Å². The van der Waals surface area contributed by atoms with Crippen molar-refractivity contribution in [2.45, 2.75) is 32.0 Å². The number of likely N-dealkylation sites (tertiary alicyclic amines) is 1. The Morgan fingerprint density at radius 3 is 2.52 bits per heavy atom. The number of carboxylic acid groups (broad SMARTS) is 1. The molecule has 6 heteroatoms. The molecule has 1 aromatic rings. The van der Waals surface area contributed by atoms with Crippen molar-refractivity contribution < 1.29 is 23.1 Å². The molecule has 1 saturated heterocycles. The van der Waals surface area contributed by atoms with Crippen LogP contribution in [0.1, 0.15) is 30.9 Å². The molecule has 1 N–H and O–H groups in total. The van der Waals surface area contributed by atoms with Gasteiger partial charge in [0.15, 0.2) is 0 Å². The molecule has 1 fully saturated rings. The maximum absolute atomic E-state index is 12.8. The highest BCUT2D eigenvalue weighted by atomic mass is 19.4. The summed E-state index contributed by atoms with van der Waals surface area (Å²) >= 11 is 0. The maximum atomic E-state index is 12.8. The number of aliphatic carboxylic acids is 1. The normalized spacial score (nSPS) is 23.7. The fourth-order valence-corrected chi connectivity index (χ4v) is 2.79. The summed E-state index contributed by atoms with van der Waals surface area (Å²) in [6, 6.07) is 5.18. The molecule has 2 atom stereocenters. The topological polar surface area (TPSA) is 40.5 Å². The summed E-state index contributed by atoms with van der Waals surface area (Å²) in [5.74, 6) is -2.04. The molecule has 21 heavy (non-hydrogen) atoms. The molecule has 116 valence electrons. The molecule has 0 amide bonds. The summed E-state index contributed by atoms with van der Waals surface area (Å²) in [6.45, 7) is 4.74. The first-order chi connectivity index (χ1) is 9.70. The van der Waals surface area contributed by atoms with Crippen molar-refractivity contribution in [3.8, 4) is 0 Å². The first-order valence-electron chi connectivity index (χ1n) is 6.84. The van der Waals surface area contributed by atoms with Crippen LogP contribution in [0.5, 0.6) is 0 Å². The molecule has 0 bridgehead atoms. The summed E-state index contributed by atoms with van der Waals surface area (Å²) < 4.78 is 38.4. The van der Waals surface area contributed by atoms with Crippen molar-refractivity contribution in [2.75, 3.05) is 13.1 Å². The molecule has 1 aromatic carbocycles. The van der Waals surface area contributed by atoms with Crippen LogP contribution in [0.4, 0.5) is 13.2 Å². The summed E-state index contributed by atoms with van der Waals surface area (Å²) in [7, 11) is 0. The van der Waals surface area contributed by atoms with E-state index in [2.05, 4.69) is 0 Å². The second-order valence-corrected chi connectivity index (χ2v) is 5.72. The Balaban J connectivity index is 2.33. The van der Waals surface area contributed by atoms with Gasteiger partial charge in [0.1, 0.15) is 0 Å². The summed E-state index contributed by atoms with van der Waals surface area (Å²) in [4.78, 5) is 13.4. The van der Waals surface area contributed by atoms with Gasteiger partial charge in [-0.25, -0.2) is 0 Å². The third kappa shape index (κ3) is 3.37. The van der Waals surface area contributed by atoms with Crippen LogP contribution < -0.4 is 0 Å². The Morgan fingerprint density at radius 2 is 2.00 bits per heavy atom. The highest BCUT2D eigenvalue weighted by Crippen LogP contribution is 2.37. The summed E-state index contributed by atoms with van der Waals surface area (Å²) in [5.41, 5.74) is -0.285. The molecule has 0 aromatic heterocycles. The first kappa shape index (κ1) is 15.8. The predicted molar refractivity (Wildman–Crippen MR) is 72.0 cm³/mol. The quantitative estimate of drug-likeness (QED) is 0.932. The van der Waals surface area contributed by atoms with E-state index in [0.29, 0.717) is 18.7 Å². The van der Waals surface area contributed by atoms with Crippen molar-refractivity contribution >= 4 is 5.97 Å². The number of rotatable bonds is 3. The van der Waals surface area contributed by atoms with Gasteiger partial charge >= 0.3 is 12.1 Å². The van der Waals surface area contributed by atoms with E-state index < -0.39 is 29.5 Å². The number of alkyl halides is 3. The fraction of sp³-hybridized carbons (Fsp3) is 0.533. The molecule has 2 rings (SSSR count). The number of carboxylic acids is 1. The molecule has 1 aliphatic rings. The summed E-state index contributed by atoms with van der Waals surface area (Å²) in [5, 5.41) is 9.32. The van der Waals surface area contributed by atoms with E-state index in [9.17, 15) is 23.1 Å². The lowest BCUT2D eigenvalue weighted by molar-refractivity contribution is -0.141. The lowest BCUT2D eigenvalue weighted by Gasteiger charge is -2.20. The number of halogens is 3. The molecule has 0 saturated carbocycles. The largest absolute Gasteiger partial charge is 0.481 e. The molecular formula is C15H18F3NO2. The van der Waals surface area contributed by atoms with E-state index in [4.69, 9.17) is 0 Å². The standard InChI is InChI=1S/C15H18F3NO2/c1-9(2)19-7-12(13(8-19)14(20)21)10-4-3-5-11(6-10)15(16,17)18/h3-6,9,12-13H,7-8H2,1-2H3,(H,20,21). The minimum atomic E-state index is -4.41. The fourth-order valence-electron chi connectivity index (χ4n) is 2.79. The number of carbonyl (C=O) groups is 1. The van der Waals surface area contributed by atoms with Gasteiger partial charge in [0.25, 0.3) is 0 Å². The highest BCUT2D eigenvalue weighted by Gasteiger charge is 2.40. The third-order valence-electron chi connectivity index (χ3n) is 4.04. The van der Waals surface area contributed by atoms with Crippen LogP contribution in [0, 0.1) is 5.92 Å². The van der Waals surface area contributed by atoms with E-state index in [-0.39, 0.29) is 6.04 Å². The Morgan fingerprint density at radius 1 is 1.33 bits per heavy atom. The summed E-state index contributed by atoms with van der Waals surface area (Å²) in [6.07, 6.45) is -4.41. The van der Waals surface area contributed by atoms with E-state index in [1.165, 1.54) is 6.07 Å². The second-order valence-electron chi connectivity index (χ2n) is 5.72. The van der Waals surface area contributed by atoms with Crippen LogP contribution in [0.3, 0.4) is 0 Å². The molecule has 1 aliphatic heterocycles. The van der Waals surface area contributed by atoms with Gasteiger partial charge in [-0.15, -0.1) is 0 Å². The van der Waals surface area contributed by atoms with Crippen LogP contribution in [0.15, 0.2) is 24.3 Å². The van der Waals surface area contributed by atoms with Crippen LogP contribution in [0.2, 0.25) is 0 Å². The molecule has 0 spiro atoms. The molecule has 1 heterocycles. The highest BCUT2D eigenvalue weighted by molar-refractivity contribution is 5.72. The first-order valence-corrected chi connectivity index (χ1v) is 6.84. The van der Waals surface area contributed by atoms with Crippen molar-refractivity contribution in [3.05, 3.63) is 35.4 Å². The zero-order valence-electron chi connectivity index (χ0n) is 11.9. The maximum Gasteiger partial charge on any atom is 0.416 e. The van der Waals surface area contributed by atoms with Crippen molar-refractivity contribution in [2.24, 2.45) is 5.92 Å². The average molecular weight is 301 g/mol. The van der Waals surface area contributed by atoms with Crippen LogP contribution >= 0.6 is 0 Å². The molecule has 0 radical (unpaired) electrons. The minimum Gasteiger partial charge on any atom is -0.481 e. The number of hydrogen-bond acceptors (Lipinski definition) is 2. The van der Waals surface area contributed by atoms with Crippen LogP contribution in [-0.4, -0.2) is 35.1 Å². The zero-order chi connectivity index (χ0) is 15.8. The Labute approximate surface area is 121 Å². The number of hydrogen-bond donors (Lipinski definition) is 1. The Kier molecular flexibility index (Phi) is 4.27. The Hall–Kier alpha value is -1.56. The lowest BCUT2D eigenvalue weighted by atomic mass is 9.88. The van der Waals surface area contributed by atoms with Crippen LogP contribution in [-0.2, 0) is 11.0 Å². The van der Waals surface area contributed by atoms with Gasteiger partial charge < -0.3 is 5.11 Å². The molecule has 2 unspecified atom stereocenters. The molecule has 0 aliphatic carbocycles. The van der Waals surface area contributed by atoms with Gasteiger partial charge in [0, 0.05) is 25.0 Å². The zero-order valence-corrected chi connectivity index (χ0v) is 11.9. The number of nitrogens with zero attached hydrogens (tertiary/aromatic N) is 1. The minimum absolute atomic E-state index is 0.169. The van der Waals surface area contributed by atoms with E-state index in [1.807, 2.05) is 18.7 Å². The van der Waals surface area contributed by atoms with Crippen molar-refractivity contribution in [3.63, 3.8) is 0 Å². The SMILES string of the molecule is CC(C)N1CC(C(=O)O)C(c2cccc(C(F)(F)F)c2)C1. The van der Waals surface area contributed by atoms with Gasteiger partial charge in [0.2, 0.25) is 0 Å². The van der Waals surface area contributed by atoms with Crippen LogP contribution in [0.25, 0.3) is 0 Å². The number of benzene rings is 1. The molecular weight excluding hydrogens is 283 g/mol. The van der Waals surface area contributed by atoms with Crippen molar-refractivity contribution in [1.82, 2.24) is 4.90 Å². The monoisotopic (exact) mass is 301 g/mol. The van der Waals surface area contributed by atoms with Gasteiger partial charge in [-0.2, -0.15) is 13.2 Å². The molecule has 3 nitrogen and oxygen atoms in total. The average Bonchev–Trinajstić information content (AvgIpc) is 2.83. The van der Waals surface area contributed by atoms with Gasteiger partial charge in [0.05, 0.1) is 11.5 Å². The van der Waals surface area contributed by atoms with E-state index in [0.717, 1.165) is 12.1 Å².